The Balaban J connectivity index is 2.01. The number of nitrogens with two attached hydrogens (primary N) is 1. The monoisotopic (exact) mass is 292 g/mol. The molecule has 0 aliphatic heterocycles. The predicted octanol–water partition coefficient (Wildman–Crippen LogP) is 1.92. The molecule has 0 aromatic carbocycles. The van der Waals surface area contributed by atoms with E-state index in [0.29, 0.717) is 0 Å². The van der Waals surface area contributed by atoms with E-state index >= 15 is 0 Å². The Kier molecular flexibility index (Phi) is 3.78. The molecule has 108 valence electrons. The molecular weight excluding hydrogens is 272 g/mol. The fourth-order valence-electron chi connectivity index (χ4n) is 2.86. The first-order valence-corrected chi connectivity index (χ1v) is 7.69. The molecule has 0 bridgehead atoms. The zero-order valence-electron chi connectivity index (χ0n) is 11.8. The van der Waals surface area contributed by atoms with Crippen LogP contribution < -0.4 is 16.0 Å². The van der Waals surface area contributed by atoms with Crippen molar-refractivity contribution in [1.82, 2.24) is 15.2 Å². The van der Waals surface area contributed by atoms with Crippen LogP contribution in [0.15, 0.2) is 12.3 Å². The molecule has 1 atom stereocenters. The van der Waals surface area contributed by atoms with Crippen LogP contribution in [0.5, 0.6) is 5.75 Å². The first-order chi connectivity index (χ1) is 9.74. The Morgan fingerprint density at radius 2 is 2.25 bits per heavy atom. The van der Waals surface area contributed by atoms with Gasteiger partial charge in [-0.3, -0.25) is 10.5 Å². The van der Waals surface area contributed by atoms with E-state index in [-0.39, 0.29) is 6.04 Å². The second-order valence-electron chi connectivity index (χ2n) is 5.13. The highest BCUT2D eigenvalue weighted by Gasteiger charge is 2.25. The molecule has 5 nitrogen and oxygen atoms in total. The molecule has 0 spiro atoms. The number of hydrogen-bond acceptors (Lipinski definition) is 5. The van der Waals surface area contributed by atoms with Crippen LogP contribution in [0.4, 0.5) is 0 Å². The Labute approximate surface area is 122 Å². The molecule has 20 heavy (non-hydrogen) atoms. The summed E-state index contributed by atoms with van der Waals surface area (Å²) in [5, 5.41) is 4.26. The smallest absolute Gasteiger partial charge is 0.162 e. The average molecular weight is 292 g/mol. The molecule has 6 heteroatoms. The number of methoxy groups -OCH3 is 1. The van der Waals surface area contributed by atoms with E-state index in [1.807, 2.05) is 23.1 Å². The van der Waals surface area contributed by atoms with E-state index in [0.717, 1.165) is 11.4 Å². The van der Waals surface area contributed by atoms with Crippen molar-refractivity contribution in [2.75, 3.05) is 7.11 Å². The molecule has 2 aromatic rings. The first kappa shape index (κ1) is 13.6. The van der Waals surface area contributed by atoms with Gasteiger partial charge in [0.05, 0.1) is 13.3 Å². The summed E-state index contributed by atoms with van der Waals surface area (Å²) in [5.74, 6) is 6.57. The van der Waals surface area contributed by atoms with Gasteiger partial charge in [0.15, 0.2) is 5.75 Å². The van der Waals surface area contributed by atoms with Gasteiger partial charge in [0.2, 0.25) is 0 Å². The summed E-state index contributed by atoms with van der Waals surface area (Å²) >= 11 is 1.85. The number of nitrogens with zero attached hydrogens (tertiary/aromatic N) is 2. The summed E-state index contributed by atoms with van der Waals surface area (Å²) in [6.07, 6.45) is 6.69. The number of aryl methyl sites for hydroxylation is 3. The van der Waals surface area contributed by atoms with Gasteiger partial charge in [-0.2, -0.15) is 5.10 Å². The maximum atomic E-state index is 5.81. The highest BCUT2D eigenvalue weighted by Crippen LogP contribution is 2.37. The summed E-state index contributed by atoms with van der Waals surface area (Å²) in [6, 6.07) is 2.21. The number of thiophene rings is 1. The fraction of sp³-hybridized carbons (Fsp3) is 0.500. The molecule has 0 radical (unpaired) electrons. The van der Waals surface area contributed by atoms with Crippen molar-refractivity contribution in [2.24, 2.45) is 12.9 Å². The SMILES string of the molecule is COc1cnn(C)c1C(NN)c1cc2c(s1)CCCC2. The lowest BCUT2D eigenvalue weighted by atomic mass is 9.98. The molecule has 0 amide bonds. The molecule has 1 aliphatic carbocycles. The lowest BCUT2D eigenvalue weighted by Crippen LogP contribution is -2.30. The number of ether oxygens (including phenoxy) is 1. The van der Waals surface area contributed by atoms with Gasteiger partial charge in [0.25, 0.3) is 0 Å². The minimum Gasteiger partial charge on any atom is -0.493 e. The lowest BCUT2D eigenvalue weighted by molar-refractivity contribution is 0.401. The number of aromatic nitrogens is 2. The summed E-state index contributed by atoms with van der Waals surface area (Å²) in [4.78, 5) is 2.74. The van der Waals surface area contributed by atoms with E-state index in [4.69, 9.17) is 10.6 Å². The van der Waals surface area contributed by atoms with E-state index in [1.54, 1.807) is 13.3 Å². The topological polar surface area (TPSA) is 65.1 Å². The van der Waals surface area contributed by atoms with Crippen molar-refractivity contribution < 1.29 is 4.74 Å². The highest BCUT2D eigenvalue weighted by molar-refractivity contribution is 7.12. The van der Waals surface area contributed by atoms with Gasteiger partial charge >= 0.3 is 0 Å². The lowest BCUT2D eigenvalue weighted by Gasteiger charge is -2.16. The molecule has 0 saturated carbocycles. The molecule has 0 saturated heterocycles. The molecule has 3 rings (SSSR count). The van der Waals surface area contributed by atoms with Crippen molar-refractivity contribution in [2.45, 2.75) is 31.7 Å². The van der Waals surface area contributed by atoms with Crippen LogP contribution in [-0.4, -0.2) is 16.9 Å². The molecule has 0 fully saturated rings. The quantitative estimate of drug-likeness (QED) is 0.667. The van der Waals surface area contributed by atoms with Crippen LogP contribution in [-0.2, 0) is 19.9 Å². The maximum Gasteiger partial charge on any atom is 0.162 e. The summed E-state index contributed by atoms with van der Waals surface area (Å²) < 4.78 is 7.22. The van der Waals surface area contributed by atoms with Crippen molar-refractivity contribution in [3.63, 3.8) is 0 Å². The summed E-state index contributed by atoms with van der Waals surface area (Å²) in [6.45, 7) is 0. The molecular formula is C14H20N4OS. The number of rotatable bonds is 4. The molecule has 1 unspecified atom stereocenters. The largest absolute Gasteiger partial charge is 0.493 e. The normalized spacial score (nSPS) is 15.9. The molecule has 2 aromatic heterocycles. The van der Waals surface area contributed by atoms with Crippen LogP contribution in [0.2, 0.25) is 0 Å². The second kappa shape index (κ2) is 5.55. The maximum absolute atomic E-state index is 5.81. The highest BCUT2D eigenvalue weighted by atomic mass is 32.1. The van der Waals surface area contributed by atoms with Crippen LogP contribution in [0.3, 0.4) is 0 Å². The molecule has 3 N–H and O–H groups in total. The Bertz CT molecular complexity index is 581. The Morgan fingerprint density at radius 1 is 1.45 bits per heavy atom. The standard InChI is InChI=1S/C14H20N4OS/c1-18-14(10(19-2)8-16-18)13(17-15)12-7-9-5-3-4-6-11(9)20-12/h7-8,13,17H,3-6,15H2,1-2H3. The first-order valence-electron chi connectivity index (χ1n) is 6.88. The summed E-state index contributed by atoms with van der Waals surface area (Å²) in [5.41, 5.74) is 5.37. The van der Waals surface area contributed by atoms with E-state index in [9.17, 15) is 0 Å². The van der Waals surface area contributed by atoms with Gasteiger partial charge in [-0.1, -0.05) is 0 Å². The summed E-state index contributed by atoms with van der Waals surface area (Å²) in [7, 11) is 3.57. The number of nitrogens with one attached hydrogen (secondary N) is 1. The number of fused-ring (bicyclic) bond motifs is 1. The van der Waals surface area contributed by atoms with E-state index in [1.165, 1.54) is 41.0 Å². The third kappa shape index (κ3) is 2.24. The van der Waals surface area contributed by atoms with Crippen molar-refractivity contribution in [3.05, 3.63) is 33.3 Å². The Morgan fingerprint density at radius 3 is 2.95 bits per heavy atom. The van der Waals surface area contributed by atoms with Gasteiger partial charge in [-0.05, 0) is 37.3 Å². The number of hydrazine groups is 1. The number of hydrogen-bond donors (Lipinski definition) is 2. The van der Waals surface area contributed by atoms with Gasteiger partial charge in [-0.25, -0.2) is 5.43 Å². The molecule has 1 aliphatic rings. The van der Waals surface area contributed by atoms with Gasteiger partial charge in [0, 0.05) is 16.8 Å². The second-order valence-corrected chi connectivity index (χ2v) is 6.29. The fourth-order valence-corrected chi connectivity index (χ4v) is 4.19. The van der Waals surface area contributed by atoms with E-state index in [2.05, 4.69) is 16.6 Å². The van der Waals surface area contributed by atoms with Crippen LogP contribution in [0, 0.1) is 0 Å². The molecule has 2 heterocycles. The minimum atomic E-state index is -0.0759. The predicted molar refractivity (Wildman–Crippen MR) is 79.9 cm³/mol. The van der Waals surface area contributed by atoms with Crippen molar-refractivity contribution in [1.29, 1.82) is 0 Å². The van der Waals surface area contributed by atoms with Gasteiger partial charge in [-0.15, -0.1) is 11.3 Å². The van der Waals surface area contributed by atoms with Gasteiger partial charge < -0.3 is 4.74 Å². The average Bonchev–Trinajstić information content (AvgIpc) is 3.04. The third-order valence-corrected chi connectivity index (χ3v) is 5.21. The van der Waals surface area contributed by atoms with Gasteiger partial charge in [0.1, 0.15) is 11.7 Å². The van der Waals surface area contributed by atoms with E-state index < -0.39 is 0 Å². The zero-order valence-corrected chi connectivity index (χ0v) is 12.7. The Hall–Kier alpha value is -1.37. The van der Waals surface area contributed by atoms with Crippen LogP contribution in [0.1, 0.15) is 39.9 Å². The zero-order chi connectivity index (χ0) is 14.1. The third-order valence-electron chi connectivity index (χ3n) is 3.91. The van der Waals surface area contributed by atoms with Crippen LogP contribution >= 0.6 is 11.3 Å². The van der Waals surface area contributed by atoms with Crippen molar-refractivity contribution >= 4 is 11.3 Å². The minimum absolute atomic E-state index is 0.0759. The van der Waals surface area contributed by atoms with Crippen molar-refractivity contribution in [3.8, 4) is 5.75 Å². The van der Waals surface area contributed by atoms with Crippen LogP contribution in [0.25, 0.3) is 0 Å².